The molecule has 0 saturated carbocycles. The van der Waals surface area contributed by atoms with Crippen LogP contribution in [0.25, 0.3) is 0 Å². The first-order valence-electron chi connectivity index (χ1n) is 14.1. The highest BCUT2D eigenvalue weighted by molar-refractivity contribution is 7.92. The van der Waals surface area contributed by atoms with E-state index in [9.17, 15) is 18.0 Å². The van der Waals surface area contributed by atoms with Crippen LogP contribution in [0.1, 0.15) is 56.4 Å². The van der Waals surface area contributed by atoms with Gasteiger partial charge in [-0.05, 0) is 95.0 Å². The van der Waals surface area contributed by atoms with Crippen LogP contribution < -0.4 is 14.4 Å². The van der Waals surface area contributed by atoms with Gasteiger partial charge in [-0.3, -0.25) is 13.9 Å². The van der Waals surface area contributed by atoms with E-state index in [4.69, 9.17) is 4.74 Å². The molecule has 0 aromatic heterocycles. The predicted octanol–water partition coefficient (Wildman–Crippen LogP) is 5.54. The third-order valence-corrected chi connectivity index (χ3v) is 8.67. The van der Waals surface area contributed by atoms with E-state index < -0.39 is 34.1 Å². The number of anilines is 1. The molecule has 9 heteroatoms. The second kappa shape index (κ2) is 13.4. The highest BCUT2D eigenvalue weighted by Crippen LogP contribution is 2.29. The summed E-state index contributed by atoms with van der Waals surface area (Å²) in [4.78, 5) is 29.3. The van der Waals surface area contributed by atoms with Crippen molar-refractivity contribution in [1.82, 2.24) is 10.2 Å². The molecule has 8 nitrogen and oxygen atoms in total. The Balaban J connectivity index is 2.12. The number of hydrogen-bond donors (Lipinski definition) is 1. The Bertz CT molecular complexity index is 1510. The van der Waals surface area contributed by atoms with Gasteiger partial charge in [0.05, 0.1) is 17.7 Å². The van der Waals surface area contributed by atoms with Crippen molar-refractivity contribution in [2.45, 2.75) is 77.9 Å². The minimum atomic E-state index is -4.14. The monoisotopic (exact) mass is 593 g/mol. The van der Waals surface area contributed by atoms with Crippen LogP contribution in [0.2, 0.25) is 0 Å². The first-order valence-corrected chi connectivity index (χ1v) is 15.5. The van der Waals surface area contributed by atoms with Crippen molar-refractivity contribution < 1.29 is 22.7 Å². The molecular formula is C33H43N3O5S. The zero-order valence-corrected chi connectivity index (χ0v) is 26.7. The van der Waals surface area contributed by atoms with Gasteiger partial charge < -0.3 is 15.0 Å². The molecule has 0 aliphatic heterocycles. The summed E-state index contributed by atoms with van der Waals surface area (Å²) in [7, 11) is -2.58. The van der Waals surface area contributed by atoms with Crippen LogP contribution in [0.3, 0.4) is 0 Å². The van der Waals surface area contributed by atoms with Crippen molar-refractivity contribution in [3.05, 3.63) is 89.0 Å². The Morgan fingerprint density at radius 3 is 2.17 bits per heavy atom. The second-order valence-electron chi connectivity index (χ2n) is 11.7. The number of nitrogens with zero attached hydrogens (tertiary/aromatic N) is 2. The van der Waals surface area contributed by atoms with Crippen LogP contribution in [-0.4, -0.2) is 50.4 Å². The highest BCUT2D eigenvalue weighted by Gasteiger charge is 2.35. The van der Waals surface area contributed by atoms with Crippen molar-refractivity contribution >= 4 is 27.5 Å². The van der Waals surface area contributed by atoms with E-state index in [0.717, 1.165) is 21.0 Å². The Morgan fingerprint density at radius 1 is 0.929 bits per heavy atom. The molecule has 1 N–H and O–H groups in total. The zero-order chi connectivity index (χ0) is 31.2. The van der Waals surface area contributed by atoms with Gasteiger partial charge in [0.1, 0.15) is 18.3 Å². The molecule has 2 amide bonds. The lowest BCUT2D eigenvalue weighted by atomic mass is 10.1. The third kappa shape index (κ3) is 8.12. The second-order valence-corrected chi connectivity index (χ2v) is 13.5. The number of rotatable bonds is 11. The predicted molar refractivity (Wildman–Crippen MR) is 167 cm³/mol. The lowest BCUT2D eigenvalue weighted by Crippen LogP contribution is -2.55. The molecule has 0 bridgehead atoms. The van der Waals surface area contributed by atoms with Crippen molar-refractivity contribution in [3.8, 4) is 5.75 Å². The van der Waals surface area contributed by atoms with Crippen LogP contribution in [0.15, 0.2) is 71.6 Å². The SMILES string of the molecule is CC[C@H](C(=O)NC(C)(C)C)N(Cc1cccc(OC)c1)C(=O)CN(c1cc(C)ccc1C)S(=O)(=O)c1ccc(C)cc1. The Labute approximate surface area is 250 Å². The smallest absolute Gasteiger partial charge is 0.264 e. The highest BCUT2D eigenvalue weighted by atomic mass is 32.2. The summed E-state index contributed by atoms with van der Waals surface area (Å²) in [6.07, 6.45) is 0.339. The number of carbonyl (C=O) groups is 2. The lowest BCUT2D eigenvalue weighted by Gasteiger charge is -2.35. The number of sulfonamides is 1. The molecule has 3 rings (SSSR count). The first kappa shape index (κ1) is 32.7. The van der Waals surface area contributed by atoms with Gasteiger partial charge in [0.15, 0.2) is 0 Å². The summed E-state index contributed by atoms with van der Waals surface area (Å²) in [5.74, 6) is -0.183. The van der Waals surface area contributed by atoms with E-state index in [2.05, 4.69) is 5.32 Å². The van der Waals surface area contributed by atoms with E-state index in [1.807, 2.05) is 72.7 Å². The normalized spacial score (nSPS) is 12.4. The quantitative estimate of drug-likeness (QED) is 0.315. The maximum atomic E-state index is 14.3. The molecule has 0 heterocycles. The molecule has 42 heavy (non-hydrogen) atoms. The van der Waals surface area contributed by atoms with Crippen molar-refractivity contribution in [2.75, 3.05) is 18.0 Å². The molecule has 3 aromatic rings. The minimum Gasteiger partial charge on any atom is -0.497 e. The summed E-state index contributed by atoms with van der Waals surface area (Å²) >= 11 is 0. The number of amides is 2. The number of hydrogen-bond acceptors (Lipinski definition) is 5. The number of benzene rings is 3. The van der Waals surface area contributed by atoms with Gasteiger partial charge in [0, 0.05) is 12.1 Å². The van der Waals surface area contributed by atoms with Gasteiger partial charge >= 0.3 is 0 Å². The zero-order valence-electron chi connectivity index (χ0n) is 25.9. The molecular weight excluding hydrogens is 550 g/mol. The number of carbonyl (C=O) groups excluding carboxylic acids is 2. The fraction of sp³-hybridized carbons (Fsp3) is 0.394. The van der Waals surface area contributed by atoms with Crippen LogP contribution in [0, 0.1) is 20.8 Å². The fourth-order valence-electron chi connectivity index (χ4n) is 4.68. The van der Waals surface area contributed by atoms with Crippen molar-refractivity contribution in [1.29, 1.82) is 0 Å². The molecule has 226 valence electrons. The molecule has 0 aliphatic rings. The summed E-state index contributed by atoms with van der Waals surface area (Å²) in [5, 5.41) is 2.99. The van der Waals surface area contributed by atoms with Gasteiger partial charge in [-0.15, -0.1) is 0 Å². The van der Waals surface area contributed by atoms with Crippen LogP contribution in [-0.2, 0) is 26.2 Å². The number of ether oxygens (including phenoxy) is 1. The molecule has 0 unspecified atom stereocenters. The lowest BCUT2D eigenvalue weighted by molar-refractivity contribution is -0.141. The number of nitrogens with one attached hydrogen (secondary N) is 1. The third-order valence-electron chi connectivity index (χ3n) is 6.89. The van der Waals surface area contributed by atoms with Gasteiger partial charge in [-0.1, -0.05) is 48.9 Å². The minimum absolute atomic E-state index is 0.0821. The molecule has 0 radical (unpaired) electrons. The maximum Gasteiger partial charge on any atom is 0.264 e. The van der Waals surface area contributed by atoms with Crippen LogP contribution >= 0.6 is 0 Å². The largest absolute Gasteiger partial charge is 0.497 e. The molecule has 0 saturated heterocycles. The van der Waals surface area contributed by atoms with Gasteiger partial charge in [-0.2, -0.15) is 0 Å². The fourth-order valence-corrected chi connectivity index (χ4v) is 6.15. The molecule has 3 aromatic carbocycles. The standard InChI is InChI=1S/C33H43N3O5S/c1-9-29(32(38)34-33(5,6)7)35(21-26-11-10-12-27(20-26)41-8)31(37)22-36(30-19-24(3)13-16-25(30)4)42(39,40)28-17-14-23(2)15-18-28/h10-20,29H,9,21-22H2,1-8H3,(H,34,38)/t29-/m1/s1. The van der Waals surface area contributed by atoms with E-state index in [0.29, 0.717) is 23.4 Å². The number of aryl methyl sites for hydroxylation is 3. The van der Waals surface area contributed by atoms with E-state index in [1.54, 1.807) is 49.6 Å². The molecule has 0 fully saturated rings. The maximum absolute atomic E-state index is 14.3. The van der Waals surface area contributed by atoms with Crippen LogP contribution in [0.5, 0.6) is 5.75 Å². The average Bonchev–Trinajstić information content (AvgIpc) is 2.92. The summed E-state index contributed by atoms with van der Waals surface area (Å²) in [6.45, 7) is 12.7. The summed E-state index contributed by atoms with van der Waals surface area (Å²) < 4.78 is 34.8. The summed E-state index contributed by atoms with van der Waals surface area (Å²) in [5.41, 5.74) is 3.14. The Kier molecular flexibility index (Phi) is 10.4. The van der Waals surface area contributed by atoms with Crippen LogP contribution in [0.4, 0.5) is 5.69 Å². The van der Waals surface area contributed by atoms with Crippen molar-refractivity contribution in [3.63, 3.8) is 0 Å². The Morgan fingerprint density at radius 2 is 1.57 bits per heavy atom. The molecule has 1 atom stereocenters. The van der Waals surface area contributed by atoms with Crippen molar-refractivity contribution in [2.24, 2.45) is 0 Å². The Hall–Kier alpha value is -3.85. The molecule has 0 aliphatic carbocycles. The molecule has 0 spiro atoms. The topological polar surface area (TPSA) is 96.0 Å². The van der Waals surface area contributed by atoms with E-state index >= 15 is 0 Å². The van der Waals surface area contributed by atoms with E-state index in [-0.39, 0.29) is 17.3 Å². The van der Waals surface area contributed by atoms with Gasteiger partial charge in [0.2, 0.25) is 11.8 Å². The average molecular weight is 594 g/mol. The first-order chi connectivity index (χ1) is 19.7. The van der Waals surface area contributed by atoms with Gasteiger partial charge in [0.25, 0.3) is 10.0 Å². The van der Waals surface area contributed by atoms with Gasteiger partial charge in [-0.25, -0.2) is 8.42 Å². The summed E-state index contributed by atoms with van der Waals surface area (Å²) in [6, 6.07) is 18.5. The number of methoxy groups -OCH3 is 1. The van der Waals surface area contributed by atoms with E-state index in [1.165, 1.54) is 4.90 Å².